The van der Waals surface area contributed by atoms with Gasteiger partial charge >= 0.3 is 0 Å². The van der Waals surface area contributed by atoms with Gasteiger partial charge in [-0.1, -0.05) is 18.2 Å². The van der Waals surface area contributed by atoms with Gasteiger partial charge in [-0.2, -0.15) is 0 Å². The number of hydrogen-bond acceptors (Lipinski definition) is 3. The van der Waals surface area contributed by atoms with Gasteiger partial charge in [0, 0.05) is 6.54 Å². The number of halogens is 2. The normalized spacial score (nSPS) is 10.2. The summed E-state index contributed by atoms with van der Waals surface area (Å²) < 4.78 is 25.8. The van der Waals surface area contributed by atoms with Gasteiger partial charge in [0.15, 0.2) is 11.6 Å². The summed E-state index contributed by atoms with van der Waals surface area (Å²) in [5.41, 5.74) is 3.74. The van der Waals surface area contributed by atoms with Crippen molar-refractivity contribution in [2.75, 3.05) is 5.43 Å². The molecule has 0 saturated heterocycles. The van der Waals surface area contributed by atoms with E-state index in [2.05, 4.69) is 10.7 Å². The van der Waals surface area contributed by atoms with E-state index in [9.17, 15) is 13.6 Å². The van der Waals surface area contributed by atoms with E-state index in [1.165, 1.54) is 6.07 Å². The van der Waals surface area contributed by atoms with Crippen LogP contribution in [0.1, 0.15) is 15.9 Å². The second-order valence-corrected chi connectivity index (χ2v) is 4.12. The first kappa shape index (κ1) is 14.0. The average molecular weight is 277 g/mol. The molecule has 0 saturated carbocycles. The van der Waals surface area contributed by atoms with E-state index in [0.29, 0.717) is 16.8 Å². The average Bonchev–Trinajstić information content (AvgIpc) is 2.48. The molecule has 0 bridgehead atoms. The number of nitrogens with two attached hydrogens (primary N) is 1. The molecule has 104 valence electrons. The van der Waals surface area contributed by atoms with Gasteiger partial charge in [-0.25, -0.2) is 8.78 Å². The zero-order chi connectivity index (χ0) is 14.5. The van der Waals surface area contributed by atoms with Crippen LogP contribution in [-0.4, -0.2) is 5.91 Å². The first-order chi connectivity index (χ1) is 9.61. The summed E-state index contributed by atoms with van der Waals surface area (Å²) in [5, 5.41) is 2.61. The van der Waals surface area contributed by atoms with Gasteiger partial charge in [0.05, 0.1) is 11.3 Å². The van der Waals surface area contributed by atoms with Crippen LogP contribution in [-0.2, 0) is 6.54 Å². The number of benzene rings is 2. The topological polar surface area (TPSA) is 67.1 Å². The first-order valence-corrected chi connectivity index (χ1v) is 5.89. The molecular formula is C14H13F2N3O. The molecule has 0 atom stereocenters. The Balaban J connectivity index is 2.06. The van der Waals surface area contributed by atoms with Crippen molar-refractivity contribution in [3.8, 4) is 0 Å². The molecule has 2 rings (SSSR count). The number of para-hydroxylation sites is 1. The second kappa shape index (κ2) is 6.12. The predicted molar refractivity (Wildman–Crippen MR) is 71.8 cm³/mol. The van der Waals surface area contributed by atoms with Crippen molar-refractivity contribution in [1.82, 2.24) is 5.32 Å². The third-order valence-electron chi connectivity index (χ3n) is 2.76. The van der Waals surface area contributed by atoms with Crippen LogP contribution in [0.25, 0.3) is 0 Å². The van der Waals surface area contributed by atoms with E-state index in [-0.39, 0.29) is 12.5 Å². The molecule has 0 unspecified atom stereocenters. The predicted octanol–water partition coefficient (Wildman–Crippen LogP) is 2.18. The van der Waals surface area contributed by atoms with Crippen LogP contribution in [0.3, 0.4) is 0 Å². The van der Waals surface area contributed by atoms with E-state index in [1.54, 1.807) is 24.3 Å². The summed E-state index contributed by atoms with van der Waals surface area (Å²) in [6, 6.07) is 10.2. The molecule has 1 amide bonds. The van der Waals surface area contributed by atoms with Gasteiger partial charge in [0.25, 0.3) is 5.91 Å². The van der Waals surface area contributed by atoms with Crippen LogP contribution in [0.15, 0.2) is 42.5 Å². The van der Waals surface area contributed by atoms with Crippen molar-refractivity contribution in [2.45, 2.75) is 6.54 Å². The van der Waals surface area contributed by atoms with Crippen LogP contribution in [0.4, 0.5) is 14.5 Å². The molecule has 6 heteroatoms. The number of nitrogens with one attached hydrogen (secondary N) is 2. The Morgan fingerprint density at radius 3 is 2.55 bits per heavy atom. The van der Waals surface area contributed by atoms with Crippen LogP contribution in [0.5, 0.6) is 0 Å². The number of rotatable bonds is 4. The number of hydrazine groups is 1. The molecule has 0 heterocycles. The van der Waals surface area contributed by atoms with Gasteiger partial charge in [-0.3, -0.25) is 10.6 Å². The maximum atomic E-state index is 13.0. The van der Waals surface area contributed by atoms with Crippen molar-refractivity contribution in [3.05, 3.63) is 65.2 Å². The number of nitrogen functional groups attached to an aromatic ring is 1. The van der Waals surface area contributed by atoms with Crippen LogP contribution >= 0.6 is 0 Å². The lowest BCUT2D eigenvalue weighted by Crippen LogP contribution is -2.24. The Bertz CT molecular complexity index is 632. The fraction of sp³-hybridized carbons (Fsp3) is 0.0714. The highest BCUT2D eigenvalue weighted by Crippen LogP contribution is 2.14. The third-order valence-corrected chi connectivity index (χ3v) is 2.76. The lowest BCUT2D eigenvalue weighted by molar-refractivity contribution is 0.0951. The lowest BCUT2D eigenvalue weighted by Gasteiger charge is -2.09. The molecule has 4 nitrogen and oxygen atoms in total. The Morgan fingerprint density at radius 1 is 1.10 bits per heavy atom. The second-order valence-electron chi connectivity index (χ2n) is 4.12. The fourth-order valence-corrected chi connectivity index (χ4v) is 1.73. The van der Waals surface area contributed by atoms with Crippen molar-refractivity contribution in [1.29, 1.82) is 0 Å². The molecule has 2 aromatic carbocycles. The molecule has 2 aromatic rings. The number of carbonyl (C=O) groups is 1. The molecule has 0 spiro atoms. The van der Waals surface area contributed by atoms with Gasteiger partial charge < -0.3 is 10.7 Å². The number of hydrogen-bond donors (Lipinski definition) is 3. The maximum absolute atomic E-state index is 13.0. The number of anilines is 1. The summed E-state index contributed by atoms with van der Waals surface area (Å²) in [4.78, 5) is 12.0. The molecular weight excluding hydrogens is 264 g/mol. The monoisotopic (exact) mass is 277 g/mol. The summed E-state index contributed by atoms with van der Waals surface area (Å²) >= 11 is 0. The minimum absolute atomic E-state index is 0.0922. The minimum atomic E-state index is -0.944. The highest BCUT2D eigenvalue weighted by Gasteiger charge is 2.10. The van der Waals surface area contributed by atoms with E-state index in [0.717, 1.165) is 12.1 Å². The molecule has 0 aliphatic rings. The highest BCUT2D eigenvalue weighted by molar-refractivity contribution is 5.99. The number of carbonyl (C=O) groups excluding carboxylic acids is 1. The van der Waals surface area contributed by atoms with Crippen LogP contribution in [0, 0.1) is 11.6 Å². The smallest absolute Gasteiger partial charge is 0.253 e. The summed E-state index contributed by atoms with van der Waals surface area (Å²) in [6.07, 6.45) is 0. The highest BCUT2D eigenvalue weighted by atomic mass is 19.2. The molecule has 4 N–H and O–H groups in total. The lowest BCUT2D eigenvalue weighted by atomic mass is 10.1. The zero-order valence-electron chi connectivity index (χ0n) is 10.5. The Hall–Kier alpha value is -2.47. The summed E-state index contributed by atoms with van der Waals surface area (Å²) in [7, 11) is 0. The van der Waals surface area contributed by atoms with Crippen LogP contribution < -0.4 is 16.6 Å². The van der Waals surface area contributed by atoms with Crippen LogP contribution in [0.2, 0.25) is 0 Å². The third kappa shape index (κ3) is 3.10. The Morgan fingerprint density at radius 2 is 1.85 bits per heavy atom. The van der Waals surface area contributed by atoms with E-state index in [1.807, 2.05) is 0 Å². The molecule has 0 radical (unpaired) electrons. The van der Waals surface area contributed by atoms with E-state index in [4.69, 9.17) is 5.84 Å². The summed E-state index contributed by atoms with van der Waals surface area (Å²) in [5.74, 6) is 3.09. The van der Waals surface area contributed by atoms with Crippen molar-refractivity contribution < 1.29 is 13.6 Å². The van der Waals surface area contributed by atoms with E-state index >= 15 is 0 Å². The quantitative estimate of drug-likeness (QED) is 0.592. The van der Waals surface area contributed by atoms with Gasteiger partial charge in [0.2, 0.25) is 0 Å². The fourth-order valence-electron chi connectivity index (χ4n) is 1.73. The molecule has 0 aromatic heterocycles. The Kier molecular flexibility index (Phi) is 4.27. The van der Waals surface area contributed by atoms with Crippen molar-refractivity contribution >= 4 is 11.6 Å². The van der Waals surface area contributed by atoms with Gasteiger partial charge in [0.1, 0.15) is 0 Å². The van der Waals surface area contributed by atoms with E-state index < -0.39 is 11.6 Å². The Labute approximate surface area is 114 Å². The zero-order valence-corrected chi connectivity index (χ0v) is 10.5. The van der Waals surface area contributed by atoms with Crippen molar-refractivity contribution in [3.63, 3.8) is 0 Å². The molecule has 0 fully saturated rings. The van der Waals surface area contributed by atoms with Gasteiger partial charge in [-0.15, -0.1) is 0 Å². The first-order valence-electron chi connectivity index (χ1n) is 5.89. The minimum Gasteiger partial charge on any atom is -0.348 e. The molecule has 0 aliphatic carbocycles. The van der Waals surface area contributed by atoms with Crippen molar-refractivity contribution in [2.24, 2.45) is 5.84 Å². The standard InChI is InChI=1S/C14H13F2N3O/c15-11-6-5-9(7-12(11)16)8-18-14(20)10-3-1-2-4-13(10)19-17/h1-7,19H,8,17H2,(H,18,20). The largest absolute Gasteiger partial charge is 0.348 e. The maximum Gasteiger partial charge on any atom is 0.253 e. The molecule has 0 aliphatic heterocycles. The van der Waals surface area contributed by atoms with Gasteiger partial charge in [-0.05, 0) is 29.8 Å². The number of amides is 1. The SMILES string of the molecule is NNc1ccccc1C(=O)NCc1ccc(F)c(F)c1. The molecule has 20 heavy (non-hydrogen) atoms. The summed E-state index contributed by atoms with van der Waals surface area (Å²) in [6.45, 7) is 0.0922.